The summed E-state index contributed by atoms with van der Waals surface area (Å²) in [5.41, 5.74) is 4.10. The zero-order valence-corrected chi connectivity index (χ0v) is 12.7. The Bertz CT molecular complexity index is 479. The third-order valence-corrected chi connectivity index (χ3v) is 4.53. The van der Waals surface area contributed by atoms with Gasteiger partial charge < -0.3 is 20.6 Å². The van der Waals surface area contributed by atoms with Crippen LogP contribution in [0.5, 0.6) is 0 Å². The average Bonchev–Trinajstić information content (AvgIpc) is 2.89. The number of carbonyl (C=O) groups excluding carboxylic acids is 3. The molecule has 2 aliphatic heterocycles. The van der Waals surface area contributed by atoms with Crippen LogP contribution in [0.3, 0.4) is 0 Å². The van der Waals surface area contributed by atoms with Crippen LogP contribution in [0.15, 0.2) is 0 Å². The summed E-state index contributed by atoms with van der Waals surface area (Å²) >= 11 is 0. The summed E-state index contributed by atoms with van der Waals surface area (Å²) in [5, 5.41) is 10.5. The monoisotopic (exact) mass is 297 g/mol. The maximum Gasteiger partial charge on any atom is 0.256 e. The topological polar surface area (TPSA) is 104 Å². The van der Waals surface area contributed by atoms with Gasteiger partial charge in [-0.2, -0.15) is 0 Å². The minimum Gasteiger partial charge on any atom is -0.370 e. The third-order valence-electron chi connectivity index (χ3n) is 4.53. The van der Waals surface area contributed by atoms with Gasteiger partial charge in [-0.15, -0.1) is 0 Å². The van der Waals surface area contributed by atoms with Crippen molar-refractivity contribution < 1.29 is 19.5 Å². The van der Waals surface area contributed by atoms with Crippen LogP contribution in [0, 0.1) is 5.92 Å². The van der Waals surface area contributed by atoms with Crippen molar-refractivity contribution in [3.63, 3.8) is 0 Å². The molecule has 21 heavy (non-hydrogen) atoms. The quantitative estimate of drug-likeness (QED) is 0.678. The number of nitrogens with zero attached hydrogens (tertiary/aromatic N) is 2. The van der Waals surface area contributed by atoms with Gasteiger partial charge in [-0.1, -0.05) is 20.8 Å². The van der Waals surface area contributed by atoms with Crippen molar-refractivity contribution in [3.8, 4) is 0 Å². The van der Waals surface area contributed by atoms with Crippen LogP contribution in [0.1, 0.15) is 40.0 Å². The molecule has 0 aromatic heterocycles. The van der Waals surface area contributed by atoms with Crippen molar-refractivity contribution in [1.82, 2.24) is 9.80 Å². The molecule has 0 bridgehead atoms. The minimum atomic E-state index is -1.19. The number of aliphatic hydroxyl groups is 1. The smallest absolute Gasteiger partial charge is 0.256 e. The molecule has 3 unspecified atom stereocenters. The van der Waals surface area contributed by atoms with E-state index >= 15 is 0 Å². The summed E-state index contributed by atoms with van der Waals surface area (Å²) < 4.78 is 0. The molecule has 0 radical (unpaired) electrons. The Kier molecular flexibility index (Phi) is 3.97. The molecule has 2 rings (SSSR count). The molecular formula is C14H23N3O4. The van der Waals surface area contributed by atoms with E-state index in [1.54, 1.807) is 20.8 Å². The van der Waals surface area contributed by atoms with E-state index in [4.69, 9.17) is 5.73 Å². The Morgan fingerprint density at radius 1 is 1.48 bits per heavy atom. The fraction of sp³-hybridized carbons (Fsp3) is 0.786. The predicted octanol–water partition coefficient (Wildman–Crippen LogP) is -0.572. The number of rotatable bonds is 4. The third kappa shape index (κ3) is 2.02. The second kappa shape index (κ2) is 5.29. The molecule has 0 aromatic carbocycles. The molecule has 2 aliphatic rings. The van der Waals surface area contributed by atoms with Gasteiger partial charge in [0, 0.05) is 12.5 Å². The maximum absolute atomic E-state index is 12.6. The Labute approximate surface area is 124 Å². The molecule has 3 amide bonds. The van der Waals surface area contributed by atoms with Gasteiger partial charge in [-0.05, 0) is 19.3 Å². The van der Waals surface area contributed by atoms with E-state index < -0.39 is 23.7 Å². The molecule has 7 nitrogen and oxygen atoms in total. The molecule has 0 aliphatic carbocycles. The largest absolute Gasteiger partial charge is 0.370 e. The first-order valence-corrected chi connectivity index (χ1v) is 7.40. The highest BCUT2D eigenvalue weighted by Crippen LogP contribution is 2.45. The summed E-state index contributed by atoms with van der Waals surface area (Å²) in [7, 11) is 0. The van der Waals surface area contributed by atoms with Gasteiger partial charge >= 0.3 is 0 Å². The molecule has 0 aromatic rings. The van der Waals surface area contributed by atoms with Crippen molar-refractivity contribution in [2.24, 2.45) is 11.7 Å². The lowest BCUT2D eigenvalue weighted by molar-refractivity contribution is -0.217. The lowest BCUT2D eigenvalue weighted by Crippen LogP contribution is -2.81. The average molecular weight is 297 g/mol. The molecule has 7 heteroatoms. The van der Waals surface area contributed by atoms with E-state index in [1.807, 2.05) is 0 Å². The first-order valence-electron chi connectivity index (χ1n) is 7.40. The normalized spacial score (nSPS) is 30.0. The van der Waals surface area contributed by atoms with Gasteiger partial charge in [0.15, 0.2) is 11.8 Å². The van der Waals surface area contributed by atoms with Gasteiger partial charge in [-0.3, -0.25) is 14.4 Å². The van der Waals surface area contributed by atoms with Crippen molar-refractivity contribution in [1.29, 1.82) is 0 Å². The van der Waals surface area contributed by atoms with E-state index in [1.165, 1.54) is 4.90 Å². The van der Waals surface area contributed by atoms with Gasteiger partial charge in [0.05, 0.1) is 0 Å². The predicted molar refractivity (Wildman–Crippen MR) is 74.6 cm³/mol. The van der Waals surface area contributed by atoms with E-state index in [0.29, 0.717) is 25.8 Å². The molecule has 2 fully saturated rings. The van der Waals surface area contributed by atoms with Crippen molar-refractivity contribution in [2.75, 3.05) is 6.54 Å². The minimum absolute atomic E-state index is 0.147. The summed E-state index contributed by atoms with van der Waals surface area (Å²) in [6.45, 7) is 5.72. The van der Waals surface area contributed by atoms with Gasteiger partial charge in [0.1, 0.15) is 6.04 Å². The van der Waals surface area contributed by atoms with E-state index in [2.05, 4.69) is 0 Å². The summed E-state index contributed by atoms with van der Waals surface area (Å²) in [4.78, 5) is 38.9. The van der Waals surface area contributed by atoms with E-state index in [9.17, 15) is 19.5 Å². The zero-order valence-electron chi connectivity index (χ0n) is 12.7. The fourth-order valence-electron chi connectivity index (χ4n) is 3.41. The molecule has 3 atom stereocenters. The highest BCUT2D eigenvalue weighted by molar-refractivity contribution is 6.01. The highest BCUT2D eigenvalue weighted by atomic mass is 16.3. The van der Waals surface area contributed by atoms with Crippen LogP contribution in [0.2, 0.25) is 0 Å². The molecule has 2 saturated heterocycles. The van der Waals surface area contributed by atoms with Crippen LogP contribution in [-0.4, -0.2) is 57.0 Å². The molecule has 118 valence electrons. The molecule has 2 heterocycles. The first kappa shape index (κ1) is 15.8. The number of hydrogen-bond donors (Lipinski definition) is 2. The Balaban J connectivity index is 2.28. The highest BCUT2D eigenvalue weighted by Gasteiger charge is 2.68. The zero-order chi connectivity index (χ0) is 15.9. The van der Waals surface area contributed by atoms with Crippen LogP contribution in [0.4, 0.5) is 0 Å². The fourth-order valence-corrected chi connectivity index (χ4v) is 3.41. The van der Waals surface area contributed by atoms with Crippen molar-refractivity contribution >= 4 is 17.7 Å². The van der Waals surface area contributed by atoms with Crippen LogP contribution >= 0.6 is 0 Å². The molecule has 3 N–H and O–H groups in total. The summed E-state index contributed by atoms with van der Waals surface area (Å²) in [5.74, 6) is -1.40. The molecular weight excluding hydrogens is 274 g/mol. The van der Waals surface area contributed by atoms with Gasteiger partial charge in [0.2, 0.25) is 11.8 Å². The van der Waals surface area contributed by atoms with Crippen LogP contribution in [0.25, 0.3) is 0 Å². The second-order valence-corrected chi connectivity index (χ2v) is 6.08. The number of aliphatic hydroxyl groups excluding tert-OH is 1. The Morgan fingerprint density at radius 2 is 2.10 bits per heavy atom. The number of carbonyl (C=O) groups is 3. The van der Waals surface area contributed by atoms with E-state index in [-0.39, 0.29) is 17.7 Å². The number of β-lactam (4-membered cyclic amide) rings is 1. The van der Waals surface area contributed by atoms with E-state index in [0.717, 1.165) is 4.90 Å². The maximum atomic E-state index is 12.6. The lowest BCUT2D eigenvalue weighted by atomic mass is 9.80. The van der Waals surface area contributed by atoms with Crippen LogP contribution < -0.4 is 5.73 Å². The van der Waals surface area contributed by atoms with Crippen molar-refractivity contribution in [2.45, 2.75) is 57.8 Å². The first-order chi connectivity index (χ1) is 9.78. The van der Waals surface area contributed by atoms with Crippen LogP contribution in [-0.2, 0) is 14.4 Å². The lowest BCUT2D eigenvalue weighted by Gasteiger charge is -2.57. The summed E-state index contributed by atoms with van der Waals surface area (Å²) in [6.07, 6.45) is 0.277. The number of primary amides is 1. The summed E-state index contributed by atoms with van der Waals surface area (Å²) in [6, 6.07) is -0.824. The number of likely N-dealkylation sites (tertiary alicyclic amines) is 2. The number of amides is 3. The molecule has 0 saturated carbocycles. The van der Waals surface area contributed by atoms with Crippen molar-refractivity contribution in [3.05, 3.63) is 0 Å². The Morgan fingerprint density at radius 3 is 2.52 bits per heavy atom. The second-order valence-electron chi connectivity index (χ2n) is 6.08. The van der Waals surface area contributed by atoms with Gasteiger partial charge in [0.25, 0.3) is 5.91 Å². The SMILES string of the molecule is CCC(C(N)=O)N1C(=O)C2(CCCN2C(=O)C(C)C)C1O. The number of nitrogens with two attached hydrogens (primary N) is 1. The number of hydrogen-bond acceptors (Lipinski definition) is 4. The molecule has 1 spiro atoms. The standard InChI is InChI=1S/C14H23N3O4/c1-4-9(10(15)18)17-12(20)14(13(17)21)6-5-7-16(14)11(19)8(2)3/h8-9,12,20H,4-7H2,1-3H3,(H2,15,18). The van der Waals surface area contributed by atoms with Gasteiger partial charge in [-0.25, -0.2) is 0 Å². The Hall–Kier alpha value is -1.63.